The fourth-order valence-electron chi connectivity index (χ4n) is 1.26. The van der Waals surface area contributed by atoms with Gasteiger partial charge in [0.25, 0.3) is 0 Å². The van der Waals surface area contributed by atoms with Gasteiger partial charge in [0.05, 0.1) is 10.7 Å². The maximum absolute atomic E-state index is 8.55. The van der Waals surface area contributed by atoms with Crippen LogP contribution in [0, 0.1) is 22.7 Å². The molecule has 0 aliphatic carbocycles. The summed E-state index contributed by atoms with van der Waals surface area (Å²) in [5, 5.41) is 21.2. The molecule has 1 rings (SSSR count). The molecule has 0 atom stereocenters. The monoisotopic (exact) mass is 260 g/mol. The molecule has 5 heteroatoms. The van der Waals surface area contributed by atoms with E-state index in [9.17, 15) is 0 Å². The minimum absolute atomic E-state index is 0.00983. The molecule has 0 aromatic heterocycles. The highest BCUT2D eigenvalue weighted by Gasteiger charge is 2.14. The van der Waals surface area contributed by atoms with Gasteiger partial charge in [0.1, 0.15) is 12.1 Å². The molecule has 0 radical (unpaired) electrons. The van der Waals surface area contributed by atoms with Crippen LogP contribution < -0.4 is 5.43 Å². The lowest BCUT2D eigenvalue weighted by molar-refractivity contribution is 0.590. The van der Waals surface area contributed by atoms with Crippen LogP contribution in [0.5, 0.6) is 0 Å². The van der Waals surface area contributed by atoms with Crippen molar-refractivity contribution in [2.24, 2.45) is 5.10 Å². The fraction of sp³-hybridized carbons (Fsp3) is 0.308. The second-order valence-electron chi connectivity index (χ2n) is 4.74. The molecule has 1 N–H and O–H groups in total. The van der Waals surface area contributed by atoms with Gasteiger partial charge in [-0.2, -0.15) is 15.6 Å². The number of rotatable bonds is 2. The summed E-state index contributed by atoms with van der Waals surface area (Å²) < 4.78 is 0. The number of nitrogens with zero attached hydrogens (tertiary/aromatic N) is 3. The third kappa shape index (κ3) is 3.48. The fourth-order valence-corrected chi connectivity index (χ4v) is 1.49. The summed E-state index contributed by atoms with van der Waals surface area (Å²) in [4.78, 5) is 0. The second kappa shape index (κ2) is 5.53. The molecule has 0 amide bonds. The Balaban J connectivity index is 2.99. The number of hydrogen-bond donors (Lipinski definition) is 1. The molecule has 0 aliphatic rings. The summed E-state index contributed by atoms with van der Waals surface area (Å²) in [6.45, 7) is 6.27. The lowest BCUT2D eigenvalue weighted by Gasteiger charge is -2.19. The first-order valence-electron chi connectivity index (χ1n) is 5.32. The number of nitriles is 2. The van der Waals surface area contributed by atoms with Gasteiger partial charge in [-0.1, -0.05) is 38.4 Å². The van der Waals surface area contributed by atoms with Gasteiger partial charge >= 0.3 is 0 Å². The first-order valence-corrected chi connectivity index (χ1v) is 5.70. The van der Waals surface area contributed by atoms with E-state index in [-0.39, 0.29) is 11.1 Å². The van der Waals surface area contributed by atoms with Gasteiger partial charge < -0.3 is 0 Å². The van der Waals surface area contributed by atoms with Crippen molar-refractivity contribution in [2.75, 3.05) is 5.43 Å². The van der Waals surface area contributed by atoms with E-state index in [1.807, 2.05) is 12.1 Å². The Labute approximate surface area is 111 Å². The van der Waals surface area contributed by atoms with E-state index in [2.05, 4.69) is 31.3 Å². The summed E-state index contributed by atoms with van der Waals surface area (Å²) in [6, 6.07) is 8.88. The van der Waals surface area contributed by atoms with Crippen LogP contribution in [0.3, 0.4) is 0 Å². The van der Waals surface area contributed by atoms with Crippen molar-refractivity contribution in [2.45, 2.75) is 26.2 Å². The molecule has 0 heterocycles. The van der Waals surface area contributed by atoms with E-state index in [1.165, 1.54) is 0 Å². The van der Waals surface area contributed by atoms with E-state index in [4.69, 9.17) is 22.1 Å². The van der Waals surface area contributed by atoms with Gasteiger partial charge in [-0.05, 0) is 23.1 Å². The molecule has 1 aromatic carbocycles. The quantitative estimate of drug-likeness (QED) is 0.654. The van der Waals surface area contributed by atoms with Gasteiger partial charge in [0.15, 0.2) is 0 Å². The Kier molecular flexibility index (Phi) is 4.31. The predicted molar refractivity (Wildman–Crippen MR) is 72.4 cm³/mol. The van der Waals surface area contributed by atoms with Crippen molar-refractivity contribution >= 4 is 23.0 Å². The lowest BCUT2D eigenvalue weighted by atomic mass is 9.87. The van der Waals surface area contributed by atoms with Gasteiger partial charge in [-0.25, -0.2) is 0 Å². The van der Waals surface area contributed by atoms with Crippen molar-refractivity contribution in [3.05, 3.63) is 28.8 Å². The number of halogens is 1. The average molecular weight is 261 g/mol. The summed E-state index contributed by atoms with van der Waals surface area (Å²) in [5.74, 6) is 0. The number of hydrazone groups is 1. The number of anilines is 1. The van der Waals surface area contributed by atoms with Crippen molar-refractivity contribution in [3.8, 4) is 12.1 Å². The number of benzene rings is 1. The molecular weight excluding hydrogens is 248 g/mol. The third-order valence-corrected chi connectivity index (χ3v) is 2.65. The molecule has 0 spiro atoms. The minimum atomic E-state index is -0.244. The SMILES string of the molecule is CC(C)(C)c1ccc(NN=C(C#N)C#N)c(Cl)c1. The molecule has 4 nitrogen and oxygen atoms in total. The summed E-state index contributed by atoms with van der Waals surface area (Å²) in [6.07, 6.45) is 0. The zero-order valence-electron chi connectivity index (χ0n) is 10.5. The van der Waals surface area contributed by atoms with Crippen molar-refractivity contribution in [1.29, 1.82) is 10.5 Å². The highest BCUT2D eigenvalue weighted by molar-refractivity contribution is 6.33. The zero-order chi connectivity index (χ0) is 13.8. The Morgan fingerprint density at radius 1 is 1.28 bits per heavy atom. The normalized spacial score (nSPS) is 10.1. The maximum Gasteiger partial charge on any atom is 0.237 e. The van der Waals surface area contributed by atoms with Crippen molar-refractivity contribution in [3.63, 3.8) is 0 Å². The van der Waals surface area contributed by atoms with E-state index in [0.717, 1.165) is 5.56 Å². The smallest absolute Gasteiger partial charge is 0.237 e. The molecule has 0 saturated heterocycles. The molecule has 0 bridgehead atoms. The first-order chi connectivity index (χ1) is 8.38. The third-order valence-electron chi connectivity index (χ3n) is 2.34. The standard InChI is InChI=1S/C13H13ClN4/c1-13(2,3)9-4-5-12(11(14)6-9)18-17-10(7-15)8-16/h4-6,18H,1-3H3. The summed E-state index contributed by atoms with van der Waals surface area (Å²) >= 11 is 6.11. The van der Waals surface area contributed by atoms with Gasteiger partial charge in [0.2, 0.25) is 5.71 Å². The van der Waals surface area contributed by atoms with Gasteiger partial charge in [0, 0.05) is 0 Å². The highest BCUT2D eigenvalue weighted by atomic mass is 35.5. The Hall–Kier alpha value is -2.04. The van der Waals surface area contributed by atoms with Gasteiger partial charge in [-0.15, -0.1) is 0 Å². The minimum Gasteiger partial charge on any atom is -0.275 e. The molecule has 18 heavy (non-hydrogen) atoms. The molecule has 92 valence electrons. The summed E-state index contributed by atoms with van der Waals surface area (Å²) in [7, 11) is 0. The molecular formula is C13H13ClN4. The van der Waals surface area contributed by atoms with E-state index < -0.39 is 0 Å². The molecule has 0 fully saturated rings. The van der Waals surface area contributed by atoms with Crippen LogP contribution in [0.25, 0.3) is 0 Å². The zero-order valence-corrected chi connectivity index (χ0v) is 11.2. The van der Waals surface area contributed by atoms with Crippen LogP contribution in [0.2, 0.25) is 5.02 Å². The largest absolute Gasteiger partial charge is 0.275 e. The highest BCUT2D eigenvalue weighted by Crippen LogP contribution is 2.29. The lowest BCUT2D eigenvalue weighted by Crippen LogP contribution is -2.11. The first kappa shape index (κ1) is 14.0. The average Bonchev–Trinajstić information content (AvgIpc) is 2.30. The molecule has 0 unspecified atom stereocenters. The molecule has 0 saturated carbocycles. The van der Waals surface area contributed by atoms with E-state index >= 15 is 0 Å². The van der Waals surface area contributed by atoms with Crippen LogP contribution in [-0.2, 0) is 5.41 Å². The van der Waals surface area contributed by atoms with Crippen molar-refractivity contribution in [1.82, 2.24) is 0 Å². The summed E-state index contributed by atoms with van der Waals surface area (Å²) in [5.41, 5.74) is 4.03. The maximum atomic E-state index is 8.55. The van der Waals surface area contributed by atoms with Gasteiger partial charge in [-0.3, -0.25) is 5.43 Å². The van der Waals surface area contributed by atoms with E-state index in [0.29, 0.717) is 10.7 Å². The van der Waals surface area contributed by atoms with Crippen molar-refractivity contribution < 1.29 is 0 Å². The van der Waals surface area contributed by atoms with Crippen LogP contribution in [0.4, 0.5) is 5.69 Å². The second-order valence-corrected chi connectivity index (χ2v) is 5.15. The predicted octanol–water partition coefficient (Wildman–Crippen LogP) is 3.45. The van der Waals surface area contributed by atoms with E-state index in [1.54, 1.807) is 18.2 Å². The molecule has 0 aliphatic heterocycles. The molecule has 1 aromatic rings. The Morgan fingerprint density at radius 2 is 1.89 bits per heavy atom. The topological polar surface area (TPSA) is 72.0 Å². The van der Waals surface area contributed by atoms with Crippen LogP contribution in [0.15, 0.2) is 23.3 Å². The van der Waals surface area contributed by atoms with Crippen LogP contribution in [-0.4, -0.2) is 5.71 Å². The Morgan fingerprint density at radius 3 is 2.33 bits per heavy atom. The Bertz CT molecular complexity index is 540. The number of hydrogen-bond acceptors (Lipinski definition) is 4. The van der Waals surface area contributed by atoms with Crippen LogP contribution in [0.1, 0.15) is 26.3 Å². The number of nitrogens with one attached hydrogen (secondary N) is 1. The van der Waals surface area contributed by atoms with Crippen LogP contribution >= 0.6 is 11.6 Å².